The van der Waals surface area contributed by atoms with Crippen molar-refractivity contribution in [3.8, 4) is 0 Å². The smallest absolute Gasteiger partial charge is 0.326 e. The van der Waals surface area contributed by atoms with E-state index < -0.39 is 35.1 Å². The number of rotatable bonds is 9. The Labute approximate surface area is 180 Å². The second-order valence-corrected chi connectivity index (χ2v) is 7.02. The molecule has 0 radical (unpaired) electrons. The van der Waals surface area contributed by atoms with Gasteiger partial charge in [-0.1, -0.05) is 12.1 Å². The van der Waals surface area contributed by atoms with Crippen LogP contribution in [0.15, 0.2) is 52.1 Å². The second kappa shape index (κ2) is 9.60. The average molecular weight is 440 g/mol. The fourth-order valence-electron chi connectivity index (χ4n) is 3.02. The standard InChI is InChI=1S/C21H20N4O7/c26-17(27)8-7-16(20(30)31)23-18(28)12-3-1-11(2-4-12)10-22-13-5-6-15-14(9-13)19(29)25-21(32)24-15/h1-6,9,16,22H,7-8,10H2,(H,23,28)(H,26,27)(H,30,31)(H2,24,25,29,32)/t16-/m1/s1. The van der Waals surface area contributed by atoms with E-state index in [4.69, 9.17) is 10.2 Å². The van der Waals surface area contributed by atoms with E-state index >= 15 is 0 Å². The third kappa shape index (κ3) is 5.59. The lowest BCUT2D eigenvalue weighted by molar-refractivity contribution is -0.140. The van der Waals surface area contributed by atoms with Crippen LogP contribution in [0.25, 0.3) is 10.9 Å². The number of anilines is 1. The number of aromatic amines is 2. The van der Waals surface area contributed by atoms with Gasteiger partial charge in [0.1, 0.15) is 6.04 Å². The Morgan fingerprint density at radius 2 is 1.69 bits per heavy atom. The Bertz CT molecular complexity index is 1280. The minimum absolute atomic E-state index is 0.221. The number of carboxylic acids is 2. The number of nitrogens with one attached hydrogen (secondary N) is 4. The summed E-state index contributed by atoms with van der Waals surface area (Å²) < 4.78 is 0. The van der Waals surface area contributed by atoms with Crippen molar-refractivity contribution in [3.63, 3.8) is 0 Å². The van der Waals surface area contributed by atoms with E-state index in [9.17, 15) is 24.0 Å². The van der Waals surface area contributed by atoms with Crippen LogP contribution >= 0.6 is 0 Å². The number of aliphatic carboxylic acids is 2. The van der Waals surface area contributed by atoms with Crippen LogP contribution in [0.2, 0.25) is 0 Å². The second-order valence-electron chi connectivity index (χ2n) is 7.02. The molecule has 2 aromatic carbocycles. The van der Waals surface area contributed by atoms with Gasteiger partial charge in [-0.3, -0.25) is 19.4 Å². The number of amides is 1. The van der Waals surface area contributed by atoms with Crippen LogP contribution in [0.3, 0.4) is 0 Å². The van der Waals surface area contributed by atoms with Gasteiger partial charge in [0.05, 0.1) is 10.9 Å². The molecule has 32 heavy (non-hydrogen) atoms. The van der Waals surface area contributed by atoms with Crippen molar-refractivity contribution in [1.82, 2.24) is 15.3 Å². The van der Waals surface area contributed by atoms with Crippen LogP contribution in [0.1, 0.15) is 28.8 Å². The van der Waals surface area contributed by atoms with Gasteiger partial charge in [-0.05, 0) is 42.3 Å². The van der Waals surface area contributed by atoms with Gasteiger partial charge in [0, 0.05) is 24.2 Å². The summed E-state index contributed by atoms with van der Waals surface area (Å²) in [6.45, 7) is 0.380. The third-order valence-corrected chi connectivity index (χ3v) is 4.70. The number of fused-ring (bicyclic) bond motifs is 1. The van der Waals surface area contributed by atoms with E-state index in [2.05, 4.69) is 20.6 Å². The molecule has 3 rings (SSSR count). The first-order valence-electron chi connectivity index (χ1n) is 9.57. The van der Waals surface area contributed by atoms with Crippen LogP contribution in [-0.4, -0.2) is 44.1 Å². The number of H-pyrrole nitrogens is 2. The summed E-state index contributed by atoms with van der Waals surface area (Å²) in [5, 5.41) is 23.6. The molecule has 0 saturated heterocycles. The Morgan fingerprint density at radius 1 is 0.969 bits per heavy atom. The first-order chi connectivity index (χ1) is 15.2. The average Bonchev–Trinajstić information content (AvgIpc) is 2.75. The monoisotopic (exact) mass is 440 g/mol. The van der Waals surface area contributed by atoms with E-state index in [-0.39, 0.29) is 18.4 Å². The molecule has 1 amide bonds. The molecule has 0 aliphatic rings. The number of carboxylic acid groups (broad SMARTS) is 2. The molecule has 6 N–H and O–H groups in total. The van der Waals surface area contributed by atoms with Crippen LogP contribution in [0, 0.1) is 0 Å². The molecule has 1 heterocycles. The van der Waals surface area contributed by atoms with Crippen molar-refractivity contribution < 1.29 is 24.6 Å². The fraction of sp³-hybridized carbons (Fsp3) is 0.190. The lowest BCUT2D eigenvalue weighted by Gasteiger charge is -2.14. The molecule has 11 heteroatoms. The third-order valence-electron chi connectivity index (χ3n) is 4.70. The van der Waals surface area contributed by atoms with Gasteiger partial charge >= 0.3 is 17.6 Å². The number of aromatic nitrogens is 2. The van der Waals surface area contributed by atoms with Crippen molar-refractivity contribution in [2.24, 2.45) is 0 Å². The van der Waals surface area contributed by atoms with Crippen molar-refractivity contribution in [2.75, 3.05) is 5.32 Å². The lowest BCUT2D eigenvalue weighted by atomic mass is 10.1. The summed E-state index contributed by atoms with van der Waals surface area (Å²) in [6, 6.07) is 10.0. The Balaban J connectivity index is 1.63. The van der Waals surface area contributed by atoms with E-state index in [1.165, 1.54) is 12.1 Å². The molecular formula is C21H20N4O7. The molecule has 0 fully saturated rings. The fourth-order valence-corrected chi connectivity index (χ4v) is 3.02. The van der Waals surface area contributed by atoms with Gasteiger partial charge in [0.15, 0.2) is 0 Å². The normalized spacial score (nSPS) is 11.6. The zero-order chi connectivity index (χ0) is 23.3. The van der Waals surface area contributed by atoms with Crippen LogP contribution < -0.4 is 21.9 Å². The summed E-state index contributed by atoms with van der Waals surface area (Å²) in [5.74, 6) is -3.07. The van der Waals surface area contributed by atoms with Crippen LogP contribution in [0.5, 0.6) is 0 Å². The maximum absolute atomic E-state index is 12.3. The Hall–Kier alpha value is -4.41. The van der Waals surface area contributed by atoms with Crippen molar-refractivity contribution in [2.45, 2.75) is 25.4 Å². The molecule has 0 aliphatic carbocycles. The highest BCUT2D eigenvalue weighted by atomic mass is 16.4. The maximum Gasteiger partial charge on any atom is 0.326 e. The molecular weight excluding hydrogens is 420 g/mol. The predicted octanol–water partition coefficient (Wildman–Crippen LogP) is 0.876. The summed E-state index contributed by atoms with van der Waals surface area (Å²) >= 11 is 0. The number of hydrogen-bond acceptors (Lipinski definition) is 6. The highest BCUT2D eigenvalue weighted by Crippen LogP contribution is 2.15. The van der Waals surface area contributed by atoms with Gasteiger partial charge < -0.3 is 25.8 Å². The van der Waals surface area contributed by atoms with E-state index in [1.807, 2.05) is 0 Å². The molecule has 0 spiro atoms. The first kappa shape index (κ1) is 22.3. The van der Waals surface area contributed by atoms with Crippen LogP contribution in [0.4, 0.5) is 5.69 Å². The van der Waals surface area contributed by atoms with Crippen molar-refractivity contribution in [1.29, 1.82) is 0 Å². The number of carbonyl (C=O) groups excluding carboxylic acids is 1. The zero-order valence-corrected chi connectivity index (χ0v) is 16.7. The predicted molar refractivity (Wildman–Crippen MR) is 115 cm³/mol. The van der Waals surface area contributed by atoms with Gasteiger partial charge in [-0.25, -0.2) is 9.59 Å². The molecule has 0 aliphatic heterocycles. The summed E-state index contributed by atoms with van der Waals surface area (Å²) in [5.41, 5.74) is 1.05. The van der Waals surface area contributed by atoms with Gasteiger partial charge in [-0.15, -0.1) is 0 Å². The molecule has 1 atom stereocenters. The van der Waals surface area contributed by atoms with E-state index in [1.54, 1.807) is 30.3 Å². The highest BCUT2D eigenvalue weighted by Gasteiger charge is 2.21. The van der Waals surface area contributed by atoms with Crippen molar-refractivity contribution in [3.05, 3.63) is 74.4 Å². The first-order valence-corrected chi connectivity index (χ1v) is 9.57. The highest BCUT2D eigenvalue weighted by molar-refractivity contribution is 5.96. The topological polar surface area (TPSA) is 181 Å². The minimum Gasteiger partial charge on any atom is -0.481 e. The lowest BCUT2D eigenvalue weighted by Crippen LogP contribution is -2.41. The molecule has 3 aromatic rings. The molecule has 0 saturated carbocycles. The zero-order valence-electron chi connectivity index (χ0n) is 16.7. The maximum atomic E-state index is 12.3. The Kier molecular flexibility index (Phi) is 6.68. The molecule has 0 unspecified atom stereocenters. The van der Waals surface area contributed by atoms with Crippen molar-refractivity contribution >= 4 is 34.4 Å². The Morgan fingerprint density at radius 3 is 2.34 bits per heavy atom. The summed E-state index contributed by atoms with van der Waals surface area (Å²) in [4.78, 5) is 62.1. The summed E-state index contributed by atoms with van der Waals surface area (Å²) in [6.07, 6.45) is -0.598. The number of benzene rings is 2. The number of hydrogen-bond donors (Lipinski definition) is 6. The molecule has 11 nitrogen and oxygen atoms in total. The van der Waals surface area contributed by atoms with Gasteiger partial charge in [-0.2, -0.15) is 0 Å². The molecule has 166 valence electrons. The van der Waals surface area contributed by atoms with E-state index in [0.29, 0.717) is 23.1 Å². The van der Waals surface area contributed by atoms with Gasteiger partial charge in [0.2, 0.25) is 0 Å². The van der Waals surface area contributed by atoms with Crippen LogP contribution in [-0.2, 0) is 16.1 Å². The SMILES string of the molecule is O=C(O)CC[C@@H](NC(=O)c1ccc(CNc2ccc3[nH]c(=O)[nH]c(=O)c3c2)cc1)C(=O)O. The quantitative estimate of drug-likeness (QED) is 0.283. The summed E-state index contributed by atoms with van der Waals surface area (Å²) in [7, 11) is 0. The van der Waals surface area contributed by atoms with E-state index in [0.717, 1.165) is 5.56 Å². The molecule has 0 bridgehead atoms. The minimum atomic E-state index is -1.31. The van der Waals surface area contributed by atoms with Gasteiger partial charge in [0.25, 0.3) is 11.5 Å². The largest absolute Gasteiger partial charge is 0.481 e. The molecule has 1 aromatic heterocycles. The number of carbonyl (C=O) groups is 3.